The Kier molecular flexibility index (Phi) is 6.41. The minimum atomic E-state index is 0.950. The summed E-state index contributed by atoms with van der Waals surface area (Å²) in [5.41, 5.74) is 1.35. The molecule has 0 unspecified atom stereocenters. The first-order valence-electron chi connectivity index (χ1n) is 6.63. The van der Waals surface area contributed by atoms with Crippen LogP contribution in [0.25, 0.3) is 0 Å². The smallest absolute Gasteiger partial charge is 0.0220 e. The van der Waals surface area contributed by atoms with Crippen LogP contribution in [0.1, 0.15) is 24.8 Å². The minimum Gasteiger partial charge on any atom is -0.311 e. The largest absolute Gasteiger partial charge is 0.311 e. The van der Waals surface area contributed by atoms with E-state index in [1.54, 1.807) is 0 Å². The van der Waals surface area contributed by atoms with Crippen LogP contribution in [0.5, 0.6) is 0 Å². The van der Waals surface area contributed by atoms with Gasteiger partial charge in [0, 0.05) is 27.7 Å². The summed E-state index contributed by atoms with van der Waals surface area (Å²) in [4.78, 5) is 2.57. The summed E-state index contributed by atoms with van der Waals surface area (Å²) < 4.78 is 2.50. The molecule has 1 heterocycles. The molecule has 1 saturated heterocycles. The van der Waals surface area contributed by atoms with Crippen LogP contribution >= 0.6 is 38.5 Å². The van der Waals surface area contributed by atoms with Crippen molar-refractivity contribution in [3.05, 3.63) is 31.8 Å². The maximum absolute atomic E-state index is 3.61. The van der Waals surface area contributed by atoms with Crippen molar-refractivity contribution in [2.24, 2.45) is 0 Å². The molecule has 1 aliphatic rings. The molecule has 1 aromatic carbocycles. The van der Waals surface area contributed by atoms with Gasteiger partial charge in [-0.05, 0) is 72.3 Å². The molecule has 1 aromatic rings. The Morgan fingerprint density at radius 1 is 1.22 bits per heavy atom. The molecule has 1 fully saturated rings. The number of likely N-dealkylation sites (tertiary alicyclic amines) is 1. The van der Waals surface area contributed by atoms with Crippen LogP contribution in [0, 0.1) is 3.57 Å². The zero-order valence-corrected chi connectivity index (χ0v) is 14.3. The van der Waals surface area contributed by atoms with Gasteiger partial charge in [-0.1, -0.05) is 22.4 Å². The van der Waals surface area contributed by atoms with Crippen LogP contribution in [-0.4, -0.2) is 31.1 Å². The Morgan fingerprint density at radius 2 is 2.00 bits per heavy atom. The SMILES string of the molecule is Brc1ccc(I)cc1CNCCN1CCCCC1. The van der Waals surface area contributed by atoms with Crippen molar-refractivity contribution in [3.8, 4) is 0 Å². The highest BCUT2D eigenvalue weighted by atomic mass is 127. The highest BCUT2D eigenvalue weighted by Crippen LogP contribution is 2.19. The van der Waals surface area contributed by atoms with Crippen molar-refractivity contribution >= 4 is 38.5 Å². The fourth-order valence-corrected chi connectivity index (χ4v) is 3.26. The molecule has 0 aromatic heterocycles. The monoisotopic (exact) mass is 422 g/mol. The van der Waals surface area contributed by atoms with Crippen molar-refractivity contribution in [3.63, 3.8) is 0 Å². The average molecular weight is 423 g/mol. The third-order valence-electron chi connectivity index (χ3n) is 3.38. The summed E-state index contributed by atoms with van der Waals surface area (Å²) in [7, 11) is 0. The third-order valence-corrected chi connectivity index (χ3v) is 4.82. The Hall–Kier alpha value is 0.350. The lowest BCUT2D eigenvalue weighted by Crippen LogP contribution is -2.35. The number of piperidine rings is 1. The van der Waals surface area contributed by atoms with E-state index >= 15 is 0 Å². The first kappa shape index (κ1) is 14.8. The molecule has 18 heavy (non-hydrogen) atoms. The molecular weight excluding hydrogens is 403 g/mol. The van der Waals surface area contributed by atoms with Crippen LogP contribution in [0.3, 0.4) is 0 Å². The average Bonchev–Trinajstić information content (AvgIpc) is 2.40. The van der Waals surface area contributed by atoms with Crippen molar-refractivity contribution in [2.75, 3.05) is 26.2 Å². The molecule has 0 atom stereocenters. The van der Waals surface area contributed by atoms with Gasteiger partial charge in [-0.3, -0.25) is 0 Å². The summed E-state index contributed by atoms with van der Waals surface area (Å²) in [6.45, 7) is 5.79. The highest BCUT2D eigenvalue weighted by Gasteiger charge is 2.08. The summed E-state index contributed by atoms with van der Waals surface area (Å²) in [6.07, 6.45) is 4.17. The molecule has 0 bridgehead atoms. The molecule has 4 heteroatoms. The molecular formula is C14H20BrIN2. The van der Waals surface area contributed by atoms with Crippen LogP contribution in [0.15, 0.2) is 22.7 Å². The van der Waals surface area contributed by atoms with Crippen molar-refractivity contribution in [1.82, 2.24) is 10.2 Å². The number of halogens is 2. The molecule has 0 amide bonds. The van der Waals surface area contributed by atoms with Crippen molar-refractivity contribution < 1.29 is 0 Å². The van der Waals surface area contributed by atoms with E-state index in [0.717, 1.165) is 13.1 Å². The zero-order chi connectivity index (χ0) is 12.8. The molecule has 2 rings (SSSR count). The summed E-state index contributed by atoms with van der Waals surface area (Å²) in [5, 5.41) is 3.54. The van der Waals surface area contributed by atoms with Crippen molar-refractivity contribution in [2.45, 2.75) is 25.8 Å². The number of rotatable bonds is 5. The van der Waals surface area contributed by atoms with Crippen LogP contribution in [0.4, 0.5) is 0 Å². The molecule has 1 N–H and O–H groups in total. The summed E-state index contributed by atoms with van der Waals surface area (Å²) in [6, 6.07) is 6.49. The molecule has 0 saturated carbocycles. The predicted molar refractivity (Wildman–Crippen MR) is 88.9 cm³/mol. The lowest BCUT2D eigenvalue weighted by Gasteiger charge is -2.26. The maximum Gasteiger partial charge on any atom is 0.0220 e. The lowest BCUT2D eigenvalue weighted by atomic mass is 10.1. The summed E-state index contributed by atoms with van der Waals surface area (Å²) >= 11 is 5.97. The standard InChI is InChI=1S/C14H20BrIN2/c15-14-5-4-13(16)10-12(14)11-17-6-9-18-7-2-1-3-8-18/h4-5,10,17H,1-3,6-9,11H2. The van der Waals surface area contributed by atoms with Gasteiger partial charge in [0.2, 0.25) is 0 Å². The van der Waals surface area contributed by atoms with Crippen LogP contribution in [-0.2, 0) is 6.54 Å². The van der Waals surface area contributed by atoms with Gasteiger partial charge in [0.1, 0.15) is 0 Å². The highest BCUT2D eigenvalue weighted by molar-refractivity contribution is 14.1. The molecule has 0 spiro atoms. The number of benzene rings is 1. The quantitative estimate of drug-likeness (QED) is 0.575. The Bertz CT molecular complexity index is 378. The van der Waals surface area contributed by atoms with E-state index in [2.05, 4.69) is 66.9 Å². The lowest BCUT2D eigenvalue weighted by molar-refractivity contribution is 0.229. The van der Waals surface area contributed by atoms with Crippen LogP contribution < -0.4 is 5.32 Å². The van der Waals surface area contributed by atoms with Gasteiger partial charge >= 0.3 is 0 Å². The first-order chi connectivity index (χ1) is 8.75. The van der Waals surface area contributed by atoms with Crippen LogP contribution in [0.2, 0.25) is 0 Å². The Morgan fingerprint density at radius 3 is 2.78 bits per heavy atom. The fourth-order valence-electron chi connectivity index (χ4n) is 2.32. The van der Waals surface area contributed by atoms with E-state index in [1.807, 2.05) is 0 Å². The Balaban J connectivity index is 1.69. The molecule has 100 valence electrons. The van der Waals surface area contributed by atoms with E-state index < -0.39 is 0 Å². The van der Waals surface area contributed by atoms with E-state index in [-0.39, 0.29) is 0 Å². The second-order valence-corrected chi connectivity index (χ2v) is 6.91. The molecule has 2 nitrogen and oxygen atoms in total. The second-order valence-electron chi connectivity index (χ2n) is 4.81. The van der Waals surface area contributed by atoms with E-state index in [4.69, 9.17) is 0 Å². The molecule has 1 aliphatic heterocycles. The van der Waals surface area contributed by atoms with Gasteiger partial charge < -0.3 is 10.2 Å². The number of nitrogens with one attached hydrogen (secondary N) is 1. The van der Waals surface area contributed by atoms with Gasteiger partial charge in [0.25, 0.3) is 0 Å². The minimum absolute atomic E-state index is 0.950. The number of hydrogen-bond donors (Lipinski definition) is 1. The Labute approximate surface area is 132 Å². The van der Waals surface area contributed by atoms with Gasteiger partial charge in [-0.2, -0.15) is 0 Å². The molecule has 0 aliphatic carbocycles. The van der Waals surface area contributed by atoms with Gasteiger partial charge in [-0.15, -0.1) is 0 Å². The van der Waals surface area contributed by atoms with E-state index in [0.29, 0.717) is 0 Å². The second kappa shape index (κ2) is 7.82. The predicted octanol–water partition coefficient (Wildman–Crippen LogP) is 3.63. The fraction of sp³-hybridized carbons (Fsp3) is 0.571. The first-order valence-corrected chi connectivity index (χ1v) is 8.50. The maximum atomic E-state index is 3.61. The van der Waals surface area contributed by atoms with Gasteiger partial charge in [-0.25, -0.2) is 0 Å². The third kappa shape index (κ3) is 4.79. The number of hydrogen-bond acceptors (Lipinski definition) is 2. The van der Waals surface area contributed by atoms with E-state index in [9.17, 15) is 0 Å². The van der Waals surface area contributed by atoms with Crippen molar-refractivity contribution in [1.29, 1.82) is 0 Å². The topological polar surface area (TPSA) is 15.3 Å². The zero-order valence-electron chi connectivity index (χ0n) is 10.6. The number of nitrogens with zero attached hydrogens (tertiary/aromatic N) is 1. The summed E-state index contributed by atoms with van der Waals surface area (Å²) in [5.74, 6) is 0. The van der Waals surface area contributed by atoms with Gasteiger partial charge in [0.05, 0.1) is 0 Å². The molecule has 0 radical (unpaired) electrons. The normalized spacial score (nSPS) is 17.0. The van der Waals surface area contributed by atoms with Gasteiger partial charge in [0.15, 0.2) is 0 Å². The van der Waals surface area contributed by atoms with E-state index in [1.165, 1.54) is 52.5 Å².